The number of aliphatic imine (C=N–C) groups is 1. The highest BCUT2D eigenvalue weighted by Gasteiger charge is 2.08. The van der Waals surface area contributed by atoms with E-state index in [1.54, 1.807) is 16.7 Å². The molecule has 0 saturated heterocycles. The number of rotatable bonds is 0. The topological polar surface area (TPSA) is 50.4 Å². The van der Waals surface area contributed by atoms with Crippen LogP contribution in [0.5, 0.6) is 0 Å². The Balaban J connectivity index is 0.000000810. The van der Waals surface area contributed by atoms with E-state index >= 15 is 0 Å². The molecule has 0 unspecified atom stereocenters. The molecule has 0 atom stereocenters. The van der Waals surface area contributed by atoms with Gasteiger partial charge in [0.25, 0.3) is 0 Å². The van der Waals surface area contributed by atoms with E-state index in [1.165, 1.54) is 0 Å². The Hall–Kier alpha value is 0.480. The molecule has 0 fully saturated rings. The number of halogens is 2. The third-order valence-electron chi connectivity index (χ3n) is 0.851. The molecule has 0 bridgehead atoms. The highest BCUT2D eigenvalue weighted by Crippen LogP contribution is 2.19. The van der Waals surface area contributed by atoms with Crippen molar-refractivity contribution in [2.45, 2.75) is 0 Å². The van der Waals surface area contributed by atoms with Gasteiger partial charge in [0.1, 0.15) is 0 Å². The van der Waals surface area contributed by atoms with Crippen molar-refractivity contribution < 1.29 is 0 Å². The smallest absolute Gasteiger partial charge is 0.176 e. The van der Waals surface area contributed by atoms with E-state index in [-0.39, 0.29) is 17.0 Å². The molecule has 1 heterocycles. The Morgan fingerprint density at radius 3 is 2.80 bits per heavy atom. The van der Waals surface area contributed by atoms with Gasteiger partial charge in [-0.1, -0.05) is 27.7 Å². The average Bonchev–Trinajstić information content (AvgIpc) is 2.34. The Kier molecular flexibility index (Phi) is 5.42. The van der Waals surface area contributed by atoms with Crippen molar-refractivity contribution in [2.24, 2.45) is 10.8 Å². The molecule has 6 heteroatoms. The van der Waals surface area contributed by atoms with E-state index in [0.29, 0.717) is 0 Å². The van der Waals surface area contributed by atoms with Gasteiger partial charge >= 0.3 is 0 Å². The quantitative estimate of drug-likeness (QED) is 0.523. The number of hydrazine groups is 1. The standard InChI is InChI=1S/C4H6BrN3S.BrH/c5-1-3-2-9-4(7-3)8-6;/h1H,2,6H2,(H,7,8);1H. The zero-order valence-corrected chi connectivity index (χ0v) is 9.12. The van der Waals surface area contributed by atoms with Crippen LogP contribution >= 0.6 is 44.7 Å². The maximum Gasteiger partial charge on any atom is 0.176 e. The zero-order valence-electron chi connectivity index (χ0n) is 5.00. The minimum Gasteiger partial charge on any atom is -0.303 e. The van der Waals surface area contributed by atoms with Crippen LogP contribution in [0.2, 0.25) is 0 Å². The minimum absolute atomic E-state index is 0. The number of hydrogen-bond acceptors (Lipinski definition) is 4. The molecular weight excluding hydrogens is 282 g/mol. The van der Waals surface area contributed by atoms with Crippen LogP contribution in [0.25, 0.3) is 0 Å². The number of nitrogens with two attached hydrogens (primary N) is 1. The van der Waals surface area contributed by atoms with Crippen molar-refractivity contribution in [3.05, 3.63) is 10.7 Å². The van der Waals surface area contributed by atoms with E-state index in [0.717, 1.165) is 16.6 Å². The summed E-state index contributed by atoms with van der Waals surface area (Å²) in [6.07, 6.45) is 0. The van der Waals surface area contributed by atoms with Crippen molar-refractivity contribution in [1.29, 1.82) is 0 Å². The third-order valence-corrected chi connectivity index (χ3v) is 2.30. The minimum atomic E-state index is 0. The maximum atomic E-state index is 5.11. The second kappa shape index (κ2) is 5.17. The lowest BCUT2D eigenvalue weighted by Gasteiger charge is -1.90. The molecule has 1 aliphatic rings. The summed E-state index contributed by atoms with van der Waals surface area (Å²) in [5.41, 5.74) is 3.49. The largest absolute Gasteiger partial charge is 0.303 e. The molecule has 0 aromatic rings. The SMILES string of the molecule is Br.NNC1=NC(=CBr)CS1. The number of nitrogens with zero attached hydrogens (tertiary/aromatic N) is 1. The molecule has 3 N–H and O–H groups in total. The van der Waals surface area contributed by atoms with Crippen LogP contribution in [0.4, 0.5) is 0 Å². The lowest BCUT2D eigenvalue weighted by molar-refractivity contribution is 1.04. The van der Waals surface area contributed by atoms with Crippen LogP contribution < -0.4 is 11.3 Å². The highest BCUT2D eigenvalue weighted by atomic mass is 79.9. The van der Waals surface area contributed by atoms with Gasteiger partial charge in [-0.05, 0) is 0 Å². The molecule has 0 aliphatic carbocycles. The first kappa shape index (κ1) is 10.5. The summed E-state index contributed by atoms with van der Waals surface area (Å²) in [5, 5.41) is 0.778. The summed E-state index contributed by atoms with van der Waals surface area (Å²) in [4.78, 5) is 5.88. The van der Waals surface area contributed by atoms with E-state index in [2.05, 4.69) is 26.3 Å². The van der Waals surface area contributed by atoms with Gasteiger partial charge in [0.05, 0.1) is 5.70 Å². The first-order chi connectivity index (χ1) is 4.36. The summed E-state index contributed by atoms with van der Waals surface area (Å²) in [6.45, 7) is 0. The fourth-order valence-electron chi connectivity index (χ4n) is 0.467. The predicted molar refractivity (Wildman–Crippen MR) is 54.5 cm³/mol. The molecule has 58 valence electrons. The van der Waals surface area contributed by atoms with Crippen LogP contribution in [-0.4, -0.2) is 10.9 Å². The molecule has 0 amide bonds. The van der Waals surface area contributed by atoms with Crippen molar-refractivity contribution in [3.63, 3.8) is 0 Å². The van der Waals surface area contributed by atoms with Gasteiger partial charge in [-0.25, -0.2) is 10.8 Å². The second-order valence-electron chi connectivity index (χ2n) is 1.45. The van der Waals surface area contributed by atoms with Crippen molar-refractivity contribution >= 4 is 49.8 Å². The molecule has 0 spiro atoms. The van der Waals surface area contributed by atoms with E-state index in [4.69, 9.17) is 5.84 Å². The maximum absolute atomic E-state index is 5.11. The monoisotopic (exact) mass is 287 g/mol. The predicted octanol–water partition coefficient (Wildman–Crippen LogP) is 1.37. The second-order valence-corrected chi connectivity index (χ2v) is 2.87. The van der Waals surface area contributed by atoms with E-state index in [9.17, 15) is 0 Å². The molecule has 0 saturated carbocycles. The van der Waals surface area contributed by atoms with Crippen molar-refractivity contribution in [3.8, 4) is 0 Å². The average molecular weight is 289 g/mol. The van der Waals surface area contributed by atoms with Gasteiger partial charge in [0, 0.05) is 10.7 Å². The normalized spacial score (nSPS) is 20.2. The van der Waals surface area contributed by atoms with Crippen LogP contribution in [0.15, 0.2) is 15.7 Å². The lowest BCUT2D eigenvalue weighted by Crippen LogP contribution is -2.26. The molecule has 0 aromatic carbocycles. The number of amidine groups is 1. The lowest BCUT2D eigenvalue weighted by atomic mass is 10.6. The first-order valence-corrected chi connectivity index (χ1v) is 4.24. The van der Waals surface area contributed by atoms with Crippen molar-refractivity contribution in [1.82, 2.24) is 5.43 Å². The molecule has 3 nitrogen and oxygen atoms in total. The molecule has 1 rings (SSSR count). The fraction of sp³-hybridized carbons (Fsp3) is 0.250. The Morgan fingerprint density at radius 1 is 1.80 bits per heavy atom. The van der Waals surface area contributed by atoms with Crippen LogP contribution in [0.1, 0.15) is 0 Å². The highest BCUT2D eigenvalue weighted by molar-refractivity contribution is 9.11. The summed E-state index contributed by atoms with van der Waals surface area (Å²) in [5.74, 6) is 6.00. The first-order valence-electron chi connectivity index (χ1n) is 2.34. The van der Waals surface area contributed by atoms with Crippen LogP contribution in [0.3, 0.4) is 0 Å². The molecular formula is C4H7Br2N3S. The van der Waals surface area contributed by atoms with Gasteiger partial charge < -0.3 is 5.43 Å². The van der Waals surface area contributed by atoms with Gasteiger partial charge in [-0.2, -0.15) is 0 Å². The Labute approximate surface area is 82.4 Å². The zero-order chi connectivity index (χ0) is 6.69. The fourth-order valence-corrected chi connectivity index (χ4v) is 1.64. The molecule has 0 radical (unpaired) electrons. The molecule has 1 aliphatic heterocycles. The van der Waals surface area contributed by atoms with Gasteiger partial charge in [0.15, 0.2) is 5.17 Å². The summed E-state index contributed by atoms with van der Waals surface area (Å²) in [7, 11) is 0. The summed E-state index contributed by atoms with van der Waals surface area (Å²) in [6, 6.07) is 0. The molecule has 10 heavy (non-hydrogen) atoms. The van der Waals surface area contributed by atoms with Crippen LogP contribution in [0, 0.1) is 0 Å². The van der Waals surface area contributed by atoms with E-state index in [1.807, 2.05) is 0 Å². The molecule has 0 aromatic heterocycles. The van der Waals surface area contributed by atoms with Gasteiger partial charge in [-0.15, -0.1) is 17.0 Å². The van der Waals surface area contributed by atoms with Crippen molar-refractivity contribution in [2.75, 3.05) is 5.75 Å². The summed E-state index contributed by atoms with van der Waals surface area (Å²) < 4.78 is 0. The third kappa shape index (κ3) is 2.61. The van der Waals surface area contributed by atoms with E-state index < -0.39 is 0 Å². The Morgan fingerprint density at radius 2 is 2.50 bits per heavy atom. The van der Waals surface area contributed by atoms with Crippen LogP contribution in [-0.2, 0) is 0 Å². The van der Waals surface area contributed by atoms with Gasteiger partial charge in [0.2, 0.25) is 0 Å². The summed E-state index contributed by atoms with van der Waals surface area (Å²) >= 11 is 4.77. The Bertz CT molecular complexity index is 168. The number of hydrogen-bond donors (Lipinski definition) is 2. The number of thioether (sulfide) groups is 1. The number of nitrogens with one attached hydrogen (secondary N) is 1. The van der Waals surface area contributed by atoms with Gasteiger partial charge in [-0.3, -0.25) is 0 Å².